The Labute approximate surface area is 214 Å². The van der Waals surface area contributed by atoms with Crippen LogP contribution in [0.4, 0.5) is 0 Å². The van der Waals surface area contributed by atoms with Crippen molar-refractivity contribution in [2.24, 2.45) is 5.11 Å². The average Bonchev–Trinajstić information content (AvgIpc) is 3.23. The minimum atomic E-state index is -5.45. The minimum Gasteiger partial charge on any atom is -0.497 e. The van der Waals surface area contributed by atoms with E-state index in [0.717, 1.165) is 0 Å². The van der Waals surface area contributed by atoms with Gasteiger partial charge in [-0.2, -0.15) is 0 Å². The molecule has 19 heteroatoms. The summed E-state index contributed by atoms with van der Waals surface area (Å²) in [5.41, 5.74) is 7.87. The van der Waals surface area contributed by atoms with E-state index in [-0.39, 0.29) is 18.6 Å². The lowest BCUT2D eigenvalue weighted by Gasteiger charge is -2.29. The van der Waals surface area contributed by atoms with Crippen LogP contribution in [-0.2, 0) is 20.3 Å². The molecule has 3 rings (SSSR count). The van der Waals surface area contributed by atoms with Crippen molar-refractivity contribution in [2.75, 3.05) is 13.7 Å². The quantitative estimate of drug-likeness (QED) is 0.0945. The van der Waals surface area contributed by atoms with Gasteiger partial charge in [0, 0.05) is 29.5 Å². The maximum atomic E-state index is 11.7. The van der Waals surface area contributed by atoms with Gasteiger partial charge in [-0.3, -0.25) is 23.5 Å². The topological polar surface area (TPSA) is 278 Å². The maximum Gasteiger partial charge on any atom is 0.369 e. The summed E-state index contributed by atoms with van der Waals surface area (Å²) in [7, 11) is -9.53. The second-order valence-corrected chi connectivity index (χ2v) is 12.2. The summed E-state index contributed by atoms with van der Waals surface area (Å²) in [6.07, 6.45) is -0.575. The third kappa shape index (κ3) is 7.18. The Morgan fingerprint density at radius 3 is 2.42 bits per heavy atom. The highest BCUT2D eigenvalue weighted by atomic mass is 31.2. The molecule has 0 unspecified atom stereocenters. The number of benzene rings is 1. The van der Waals surface area contributed by atoms with E-state index in [1.54, 1.807) is 6.92 Å². The summed E-state index contributed by atoms with van der Waals surface area (Å²) < 4.78 is 33.9. The van der Waals surface area contributed by atoms with E-state index in [0.29, 0.717) is 11.3 Å². The predicted octanol–water partition coefficient (Wildman–Crippen LogP) is 0.0429. The highest BCUT2D eigenvalue weighted by molar-refractivity contribution is 7.72. The average molecular weight is 579 g/mol. The zero-order valence-corrected chi connectivity index (χ0v) is 21.8. The Hall–Kier alpha value is -2.81. The molecule has 0 aliphatic carbocycles. The highest BCUT2D eigenvalue weighted by Crippen LogP contribution is 2.68. The number of methoxy groups -OCH3 is 1. The molecular weight excluding hydrogens is 552 g/mol. The number of aliphatic hydroxyl groups excluding tert-OH is 1. The van der Waals surface area contributed by atoms with Gasteiger partial charge >= 0.3 is 20.9 Å². The molecule has 38 heavy (non-hydrogen) atoms. The van der Waals surface area contributed by atoms with Gasteiger partial charge in [-0.25, -0.2) is 4.79 Å². The molecule has 1 aliphatic rings. The number of aryl methyl sites for hydroxylation is 1. The van der Waals surface area contributed by atoms with Gasteiger partial charge in [0.1, 0.15) is 12.0 Å². The minimum absolute atomic E-state index is 0.119. The zero-order chi connectivity index (χ0) is 28.9. The number of aliphatic hydroxyl groups is 2. The number of H-pyrrole nitrogens is 1. The summed E-state index contributed by atoms with van der Waals surface area (Å²) in [5, 5.41) is 19.0. The van der Waals surface area contributed by atoms with Crippen molar-refractivity contribution in [3.8, 4) is 5.75 Å². The van der Waals surface area contributed by atoms with Gasteiger partial charge in [0.2, 0.25) is 0 Å². The number of ether oxygens (including phenoxy) is 2. The number of nitrogens with zero attached hydrogens (tertiary/aromatic N) is 4. The van der Waals surface area contributed by atoms with Crippen LogP contribution in [0.1, 0.15) is 23.8 Å². The van der Waals surface area contributed by atoms with Crippen molar-refractivity contribution in [1.82, 2.24) is 9.55 Å². The normalized spacial score (nSPS) is 19.7. The lowest BCUT2D eigenvalue weighted by Crippen LogP contribution is -2.33. The summed E-state index contributed by atoms with van der Waals surface area (Å²) >= 11 is 0. The van der Waals surface area contributed by atoms with E-state index in [2.05, 4.69) is 15.0 Å². The van der Waals surface area contributed by atoms with Gasteiger partial charge < -0.3 is 39.3 Å². The fraction of sp³-hybridized carbons (Fsp3) is 0.474. The lowest BCUT2D eigenvalue weighted by molar-refractivity contribution is -0.0271. The molecule has 0 amide bonds. The van der Waals surface area contributed by atoms with E-state index in [1.165, 1.54) is 42.1 Å². The van der Waals surface area contributed by atoms with Gasteiger partial charge in [0.15, 0.2) is 0 Å². The van der Waals surface area contributed by atoms with Gasteiger partial charge in [-0.15, -0.1) is 0 Å². The fourth-order valence-corrected chi connectivity index (χ4v) is 5.60. The number of hydrogen-bond acceptors (Lipinski definition) is 9. The third-order valence-corrected chi connectivity index (χ3v) is 9.29. The molecule has 7 N–H and O–H groups in total. The molecule has 0 radical (unpaired) electrons. The van der Waals surface area contributed by atoms with Crippen molar-refractivity contribution in [3.05, 3.63) is 72.9 Å². The number of nitrogens with one attached hydrogen (secondary N) is 1. The summed E-state index contributed by atoms with van der Waals surface area (Å²) in [6.45, 7) is 1.26. The Morgan fingerprint density at radius 1 is 1.26 bits per heavy atom. The van der Waals surface area contributed by atoms with Crippen LogP contribution in [0, 0.1) is 6.92 Å². The molecule has 1 aromatic carbocycles. The van der Waals surface area contributed by atoms with Gasteiger partial charge in [0.25, 0.3) is 10.6 Å². The summed E-state index contributed by atoms with van der Waals surface area (Å²) in [4.78, 5) is 63.8. The monoisotopic (exact) mass is 579 g/mol. The number of aromatic amines is 1. The largest absolute Gasteiger partial charge is 0.497 e. The first-order chi connectivity index (χ1) is 17.6. The molecule has 1 fully saturated rings. The van der Waals surface area contributed by atoms with Crippen molar-refractivity contribution >= 4 is 15.2 Å². The number of rotatable bonds is 8. The van der Waals surface area contributed by atoms with E-state index in [4.69, 9.17) is 39.7 Å². The van der Waals surface area contributed by atoms with Crippen LogP contribution in [-0.4, -0.2) is 70.3 Å². The zero-order valence-electron chi connectivity index (χ0n) is 20.1. The van der Waals surface area contributed by atoms with Crippen LogP contribution in [0.25, 0.3) is 10.4 Å². The third-order valence-electron chi connectivity index (χ3n) is 5.55. The predicted molar refractivity (Wildman–Crippen MR) is 130 cm³/mol. The highest BCUT2D eigenvalue weighted by Gasteiger charge is 2.59. The second-order valence-electron chi connectivity index (χ2n) is 8.19. The first-order valence-corrected chi connectivity index (χ1v) is 13.9. The van der Waals surface area contributed by atoms with Crippen LogP contribution in [0.5, 0.6) is 5.75 Å². The van der Waals surface area contributed by atoms with E-state index < -0.39 is 56.3 Å². The van der Waals surface area contributed by atoms with Crippen LogP contribution < -0.4 is 16.0 Å². The summed E-state index contributed by atoms with van der Waals surface area (Å²) in [6, 6.07) is 5.14. The Kier molecular flexibility index (Phi) is 10.2. The van der Waals surface area contributed by atoms with Crippen LogP contribution >= 0.6 is 15.2 Å². The van der Waals surface area contributed by atoms with Gasteiger partial charge in [-0.1, -0.05) is 17.2 Å². The number of azide groups is 1. The fourth-order valence-electron chi connectivity index (χ4n) is 3.47. The molecular formula is C19H27N5O12P2. The van der Waals surface area contributed by atoms with Crippen molar-refractivity contribution in [3.63, 3.8) is 0 Å². The first kappa shape index (κ1) is 31.4. The van der Waals surface area contributed by atoms with Crippen molar-refractivity contribution < 1.29 is 48.4 Å². The molecule has 3 atom stereocenters. The SMILES string of the molecule is COc1cccc(CC(O)(P(=O)(O)O)P(=O)(O)O)c1.Cc1cn([C@H]2C[C@H](N=[N+]=[N-])[C@@H](CO)O2)c(=O)[nH]c1=O. The molecule has 210 valence electrons. The Balaban J connectivity index is 0.000000267. The van der Waals surface area contributed by atoms with Crippen molar-refractivity contribution in [2.45, 2.75) is 43.2 Å². The molecule has 1 aromatic heterocycles. The van der Waals surface area contributed by atoms with Crippen molar-refractivity contribution in [1.29, 1.82) is 0 Å². The Bertz CT molecular complexity index is 1370. The molecule has 0 bridgehead atoms. The number of aromatic nitrogens is 2. The van der Waals surface area contributed by atoms with Crippen LogP contribution in [0.3, 0.4) is 0 Å². The smallest absolute Gasteiger partial charge is 0.369 e. The lowest BCUT2D eigenvalue weighted by atomic mass is 10.1. The van der Waals surface area contributed by atoms with Gasteiger partial charge in [0.05, 0.1) is 25.9 Å². The molecule has 17 nitrogen and oxygen atoms in total. The Morgan fingerprint density at radius 2 is 1.89 bits per heavy atom. The van der Waals surface area contributed by atoms with E-state index in [9.17, 15) is 23.8 Å². The first-order valence-electron chi connectivity index (χ1n) is 10.7. The molecule has 0 saturated carbocycles. The van der Waals surface area contributed by atoms with Crippen LogP contribution in [0.2, 0.25) is 0 Å². The summed E-state index contributed by atoms with van der Waals surface area (Å²) in [5.74, 6) is 0.330. The molecule has 2 aromatic rings. The molecule has 1 saturated heterocycles. The number of hydrogen-bond donors (Lipinski definition) is 7. The maximum absolute atomic E-state index is 11.7. The standard InChI is InChI=1S/C10H13N5O4.C9H14O8P2/c1-5-3-15(10(18)12-9(5)17)8-2-6(13-14-11)7(4-16)19-8;1-17-8-4-2-3-7(5-8)6-9(10,18(11,12)13)19(14,15)16/h3,6-8,16H,2,4H2,1H3,(H,12,17,18);2-5,10H,6H2,1H3,(H2,11,12,13)(H2,14,15,16)/t6-,7+,8+;/m0./s1. The van der Waals surface area contributed by atoms with E-state index in [1.807, 2.05) is 0 Å². The van der Waals surface area contributed by atoms with Gasteiger partial charge in [-0.05, 0) is 30.2 Å². The molecule has 0 spiro atoms. The molecule has 1 aliphatic heterocycles. The second kappa shape index (κ2) is 12.4. The van der Waals surface area contributed by atoms with Crippen LogP contribution in [0.15, 0.2) is 45.2 Å². The van der Waals surface area contributed by atoms with E-state index >= 15 is 0 Å². The molecule has 2 heterocycles.